The van der Waals surface area contributed by atoms with E-state index in [-0.39, 0.29) is 0 Å². The number of hydrogen-bond acceptors (Lipinski definition) is 2. The van der Waals surface area contributed by atoms with Gasteiger partial charge in [-0.05, 0) is 30.9 Å². The Morgan fingerprint density at radius 1 is 1.35 bits per heavy atom. The molecule has 2 nitrogen and oxygen atoms in total. The Kier molecular flexibility index (Phi) is 4.05. The first-order chi connectivity index (χ1) is 8.11. The van der Waals surface area contributed by atoms with Gasteiger partial charge in [0.2, 0.25) is 0 Å². The van der Waals surface area contributed by atoms with E-state index in [0.29, 0.717) is 15.7 Å². The van der Waals surface area contributed by atoms with E-state index in [0.717, 1.165) is 24.7 Å². The Hall–Kier alpha value is -0.600. The van der Waals surface area contributed by atoms with Crippen LogP contribution in [-0.2, 0) is 0 Å². The lowest BCUT2D eigenvalue weighted by molar-refractivity contribution is 0.530. The smallest absolute Gasteiger partial charge is 0.0746 e. The number of hydrogen-bond donors (Lipinski definition) is 1. The monoisotopic (exact) mass is 272 g/mol. The number of nitrogens with two attached hydrogens (primary N) is 1. The average molecular weight is 273 g/mol. The standard InChI is InChI=1S/C13H18Cl2N2/c1-2-3-9-4-5-17(8-9)13-11(14)6-10(16)7-12(13)15/h6-7,9H,2-5,8,16H2,1H3. The van der Waals surface area contributed by atoms with Crippen molar-refractivity contribution >= 4 is 34.6 Å². The van der Waals surface area contributed by atoms with Gasteiger partial charge in [0.1, 0.15) is 0 Å². The van der Waals surface area contributed by atoms with Crippen molar-refractivity contribution in [2.24, 2.45) is 5.92 Å². The molecular formula is C13H18Cl2N2. The Balaban J connectivity index is 2.19. The molecule has 2 rings (SSSR count). The maximum atomic E-state index is 6.23. The van der Waals surface area contributed by atoms with Crippen LogP contribution < -0.4 is 10.6 Å². The zero-order valence-corrected chi connectivity index (χ0v) is 11.6. The van der Waals surface area contributed by atoms with Gasteiger partial charge in [-0.2, -0.15) is 0 Å². The molecule has 1 heterocycles. The first-order valence-corrected chi connectivity index (χ1v) is 6.87. The molecule has 0 radical (unpaired) electrons. The molecule has 1 atom stereocenters. The molecule has 1 aromatic rings. The summed E-state index contributed by atoms with van der Waals surface area (Å²) in [6, 6.07) is 3.55. The third-order valence-electron chi connectivity index (χ3n) is 3.34. The SMILES string of the molecule is CCCC1CCN(c2c(Cl)cc(N)cc2Cl)C1. The maximum absolute atomic E-state index is 6.23. The van der Waals surface area contributed by atoms with Crippen molar-refractivity contribution in [1.82, 2.24) is 0 Å². The van der Waals surface area contributed by atoms with Crippen molar-refractivity contribution in [2.45, 2.75) is 26.2 Å². The molecule has 1 saturated heterocycles. The Morgan fingerprint density at radius 2 is 2.00 bits per heavy atom. The van der Waals surface area contributed by atoms with E-state index in [1.54, 1.807) is 12.1 Å². The van der Waals surface area contributed by atoms with E-state index in [2.05, 4.69) is 11.8 Å². The van der Waals surface area contributed by atoms with Gasteiger partial charge in [-0.3, -0.25) is 0 Å². The molecular weight excluding hydrogens is 255 g/mol. The van der Waals surface area contributed by atoms with Crippen molar-refractivity contribution < 1.29 is 0 Å². The zero-order chi connectivity index (χ0) is 12.4. The Bertz CT molecular complexity index is 383. The Morgan fingerprint density at radius 3 is 2.59 bits per heavy atom. The fraction of sp³-hybridized carbons (Fsp3) is 0.538. The summed E-state index contributed by atoms with van der Waals surface area (Å²) in [5.41, 5.74) is 7.28. The number of nitrogen functional groups attached to an aromatic ring is 1. The first-order valence-electron chi connectivity index (χ1n) is 6.11. The van der Waals surface area contributed by atoms with Crippen molar-refractivity contribution in [1.29, 1.82) is 0 Å². The van der Waals surface area contributed by atoms with Gasteiger partial charge in [-0.25, -0.2) is 0 Å². The molecule has 2 N–H and O–H groups in total. The second-order valence-electron chi connectivity index (χ2n) is 4.72. The van der Waals surface area contributed by atoms with E-state index in [1.165, 1.54) is 19.3 Å². The van der Waals surface area contributed by atoms with E-state index in [1.807, 2.05) is 0 Å². The highest BCUT2D eigenvalue weighted by molar-refractivity contribution is 6.39. The molecule has 1 fully saturated rings. The predicted molar refractivity (Wildman–Crippen MR) is 76.1 cm³/mol. The van der Waals surface area contributed by atoms with Gasteiger partial charge >= 0.3 is 0 Å². The van der Waals surface area contributed by atoms with Crippen LogP contribution in [0.3, 0.4) is 0 Å². The molecule has 0 aliphatic carbocycles. The molecule has 1 aromatic carbocycles. The zero-order valence-electron chi connectivity index (χ0n) is 10.0. The third kappa shape index (κ3) is 2.80. The van der Waals surface area contributed by atoms with Crippen LogP contribution in [-0.4, -0.2) is 13.1 Å². The minimum absolute atomic E-state index is 0.619. The fourth-order valence-electron chi connectivity index (χ4n) is 2.57. The minimum atomic E-state index is 0.619. The van der Waals surface area contributed by atoms with E-state index in [4.69, 9.17) is 28.9 Å². The van der Waals surface area contributed by atoms with E-state index >= 15 is 0 Å². The van der Waals surface area contributed by atoms with E-state index < -0.39 is 0 Å². The predicted octanol–water partition coefficient (Wildman–Crippen LogP) is 4.20. The summed E-state index contributed by atoms with van der Waals surface area (Å²) in [6.07, 6.45) is 3.74. The largest absolute Gasteiger partial charge is 0.399 e. The van der Waals surface area contributed by atoms with Crippen LogP contribution in [0.25, 0.3) is 0 Å². The highest BCUT2D eigenvalue weighted by Gasteiger charge is 2.25. The number of rotatable bonds is 3. The molecule has 17 heavy (non-hydrogen) atoms. The van der Waals surface area contributed by atoms with Crippen LogP contribution in [0, 0.1) is 5.92 Å². The van der Waals surface area contributed by atoms with Gasteiger partial charge in [0, 0.05) is 18.8 Å². The molecule has 0 aromatic heterocycles. The lowest BCUT2D eigenvalue weighted by atomic mass is 10.0. The lowest BCUT2D eigenvalue weighted by Crippen LogP contribution is -2.20. The number of halogens is 2. The number of nitrogens with zero attached hydrogens (tertiary/aromatic N) is 1. The molecule has 1 aliphatic rings. The number of benzene rings is 1. The van der Waals surface area contributed by atoms with Gasteiger partial charge in [0.25, 0.3) is 0 Å². The molecule has 0 bridgehead atoms. The summed E-state index contributed by atoms with van der Waals surface area (Å²) in [5.74, 6) is 0.768. The summed E-state index contributed by atoms with van der Waals surface area (Å²) in [7, 11) is 0. The van der Waals surface area contributed by atoms with Gasteiger partial charge in [-0.1, -0.05) is 36.5 Å². The molecule has 0 amide bonds. The topological polar surface area (TPSA) is 29.3 Å². The van der Waals surface area contributed by atoms with Gasteiger partial charge in [0.15, 0.2) is 0 Å². The van der Waals surface area contributed by atoms with Crippen molar-refractivity contribution in [3.63, 3.8) is 0 Å². The molecule has 94 valence electrons. The van der Waals surface area contributed by atoms with Crippen molar-refractivity contribution in [2.75, 3.05) is 23.7 Å². The van der Waals surface area contributed by atoms with E-state index in [9.17, 15) is 0 Å². The van der Waals surface area contributed by atoms with Crippen LogP contribution in [0.15, 0.2) is 12.1 Å². The summed E-state index contributed by atoms with van der Waals surface area (Å²) >= 11 is 12.5. The molecule has 4 heteroatoms. The van der Waals surface area contributed by atoms with Crippen LogP contribution in [0.4, 0.5) is 11.4 Å². The van der Waals surface area contributed by atoms with Crippen LogP contribution in [0.5, 0.6) is 0 Å². The molecule has 0 saturated carbocycles. The van der Waals surface area contributed by atoms with Gasteiger partial charge in [-0.15, -0.1) is 0 Å². The highest BCUT2D eigenvalue weighted by atomic mass is 35.5. The summed E-state index contributed by atoms with van der Waals surface area (Å²) in [5, 5.41) is 1.32. The second-order valence-corrected chi connectivity index (χ2v) is 5.54. The quantitative estimate of drug-likeness (QED) is 0.836. The summed E-state index contributed by atoms with van der Waals surface area (Å²) in [6.45, 7) is 4.32. The van der Waals surface area contributed by atoms with Crippen molar-refractivity contribution in [3.8, 4) is 0 Å². The van der Waals surface area contributed by atoms with Gasteiger partial charge in [0.05, 0.1) is 15.7 Å². The minimum Gasteiger partial charge on any atom is -0.399 e. The fourth-order valence-corrected chi connectivity index (χ4v) is 3.31. The molecule has 1 aliphatic heterocycles. The summed E-state index contributed by atoms with van der Waals surface area (Å²) < 4.78 is 0. The second kappa shape index (κ2) is 5.36. The Labute approximate surface area is 113 Å². The lowest BCUT2D eigenvalue weighted by Gasteiger charge is -2.21. The maximum Gasteiger partial charge on any atom is 0.0746 e. The third-order valence-corrected chi connectivity index (χ3v) is 3.91. The summed E-state index contributed by atoms with van der Waals surface area (Å²) in [4.78, 5) is 2.28. The van der Waals surface area contributed by atoms with Crippen LogP contribution in [0.2, 0.25) is 10.0 Å². The molecule has 0 spiro atoms. The van der Waals surface area contributed by atoms with Crippen LogP contribution in [0.1, 0.15) is 26.2 Å². The number of anilines is 2. The highest BCUT2D eigenvalue weighted by Crippen LogP contribution is 2.38. The van der Waals surface area contributed by atoms with Crippen LogP contribution >= 0.6 is 23.2 Å². The normalized spacial score (nSPS) is 19.9. The first kappa shape index (κ1) is 12.8. The van der Waals surface area contributed by atoms with Crippen molar-refractivity contribution in [3.05, 3.63) is 22.2 Å². The average Bonchev–Trinajstić information content (AvgIpc) is 2.65. The molecule has 1 unspecified atom stereocenters. The van der Waals surface area contributed by atoms with Gasteiger partial charge < -0.3 is 10.6 Å².